The van der Waals surface area contributed by atoms with Gasteiger partial charge in [0.15, 0.2) is 0 Å². The van der Waals surface area contributed by atoms with Crippen molar-refractivity contribution in [2.45, 2.75) is 42.9 Å². The summed E-state index contributed by atoms with van der Waals surface area (Å²) in [5.74, 6) is -1.24. The van der Waals surface area contributed by atoms with Crippen molar-refractivity contribution >= 4 is 5.97 Å². The number of aliphatic hydroxyl groups excluding tert-OH is 5. The Morgan fingerprint density at radius 2 is 1.88 bits per heavy atom. The molecule has 8 N–H and O–H groups in total. The second kappa shape index (κ2) is 7.43. The fourth-order valence-corrected chi connectivity index (χ4v) is 2.83. The highest BCUT2D eigenvalue weighted by molar-refractivity contribution is 5.74. The minimum atomic E-state index is -1.83. The highest BCUT2D eigenvalue weighted by Crippen LogP contribution is 2.32. The third-order valence-electron chi connectivity index (χ3n) is 4.19. The number of fused-ring (bicyclic) bond motifs is 1. The van der Waals surface area contributed by atoms with Gasteiger partial charge in [-0.1, -0.05) is 6.07 Å². The van der Waals surface area contributed by atoms with Gasteiger partial charge in [0.05, 0.1) is 12.6 Å². The van der Waals surface area contributed by atoms with Gasteiger partial charge < -0.3 is 35.7 Å². The topological polar surface area (TPSA) is 171 Å². The number of benzene rings is 1. The molecule has 0 saturated heterocycles. The van der Waals surface area contributed by atoms with Crippen LogP contribution >= 0.6 is 0 Å². The number of aliphatic hydroxyl groups is 5. The van der Waals surface area contributed by atoms with E-state index in [2.05, 4.69) is 5.32 Å². The van der Waals surface area contributed by atoms with Crippen molar-refractivity contribution in [1.29, 1.82) is 0 Å². The number of hydrogen-bond donors (Lipinski definition) is 8. The second-order valence-corrected chi connectivity index (χ2v) is 5.84. The second-order valence-electron chi connectivity index (χ2n) is 5.84. The van der Waals surface area contributed by atoms with Crippen LogP contribution in [0.25, 0.3) is 0 Å². The van der Waals surface area contributed by atoms with Gasteiger partial charge in [0.1, 0.15) is 36.2 Å². The van der Waals surface area contributed by atoms with Crippen LogP contribution in [0.3, 0.4) is 0 Å². The van der Waals surface area contributed by atoms with Crippen LogP contribution in [-0.2, 0) is 11.2 Å². The molecular weight excluding hydrogens is 322 g/mol. The van der Waals surface area contributed by atoms with Crippen LogP contribution in [0.1, 0.15) is 17.2 Å². The van der Waals surface area contributed by atoms with E-state index in [0.29, 0.717) is 11.1 Å². The van der Waals surface area contributed by atoms with Crippen molar-refractivity contribution in [1.82, 2.24) is 5.32 Å². The molecule has 0 aliphatic carbocycles. The molecular formula is C15H21NO8. The monoisotopic (exact) mass is 343 g/mol. The van der Waals surface area contributed by atoms with Crippen LogP contribution < -0.4 is 5.32 Å². The van der Waals surface area contributed by atoms with Crippen LogP contribution in [-0.4, -0.2) is 78.8 Å². The first-order chi connectivity index (χ1) is 11.3. The largest absolute Gasteiger partial charge is 0.508 e. The number of rotatable bonds is 6. The summed E-state index contributed by atoms with van der Waals surface area (Å²) in [5, 5.41) is 69.8. The number of hydrogen-bond acceptors (Lipinski definition) is 8. The molecule has 1 aromatic rings. The lowest BCUT2D eigenvalue weighted by Gasteiger charge is -2.37. The average molecular weight is 343 g/mol. The van der Waals surface area contributed by atoms with Gasteiger partial charge in [0.25, 0.3) is 0 Å². The maximum Gasteiger partial charge on any atom is 0.321 e. The molecule has 1 aromatic carbocycles. The van der Waals surface area contributed by atoms with Gasteiger partial charge in [0, 0.05) is 0 Å². The number of carbonyl (C=O) groups is 1. The van der Waals surface area contributed by atoms with E-state index in [1.54, 1.807) is 0 Å². The average Bonchev–Trinajstić information content (AvgIpc) is 2.57. The first-order valence-corrected chi connectivity index (χ1v) is 7.40. The summed E-state index contributed by atoms with van der Waals surface area (Å²) >= 11 is 0. The molecule has 0 aromatic heterocycles. The normalized spacial score (nSPS) is 25.4. The molecule has 0 saturated carbocycles. The molecule has 1 heterocycles. The zero-order valence-corrected chi connectivity index (χ0v) is 12.6. The van der Waals surface area contributed by atoms with E-state index < -0.39 is 49.1 Å². The predicted molar refractivity (Wildman–Crippen MR) is 80.2 cm³/mol. The van der Waals surface area contributed by atoms with E-state index in [0.717, 1.165) is 0 Å². The molecule has 0 amide bonds. The van der Waals surface area contributed by atoms with Crippen LogP contribution in [0.2, 0.25) is 0 Å². The molecule has 9 heteroatoms. The van der Waals surface area contributed by atoms with E-state index in [9.17, 15) is 35.4 Å². The van der Waals surface area contributed by atoms with Crippen molar-refractivity contribution in [3.63, 3.8) is 0 Å². The van der Waals surface area contributed by atoms with Crippen LogP contribution in [0.5, 0.6) is 5.75 Å². The molecule has 0 bridgehead atoms. The fourth-order valence-electron chi connectivity index (χ4n) is 2.83. The highest BCUT2D eigenvalue weighted by atomic mass is 16.4. The van der Waals surface area contributed by atoms with Gasteiger partial charge in [-0.3, -0.25) is 10.1 Å². The van der Waals surface area contributed by atoms with Gasteiger partial charge in [-0.15, -0.1) is 0 Å². The quantitative estimate of drug-likeness (QED) is 0.277. The van der Waals surface area contributed by atoms with Gasteiger partial charge in [0.2, 0.25) is 0 Å². The number of phenolic OH excluding ortho intramolecular Hbond substituents is 1. The van der Waals surface area contributed by atoms with Crippen LogP contribution in [0.15, 0.2) is 18.2 Å². The van der Waals surface area contributed by atoms with Crippen molar-refractivity contribution in [3.8, 4) is 5.75 Å². The molecule has 134 valence electrons. The zero-order valence-electron chi connectivity index (χ0n) is 12.6. The van der Waals surface area contributed by atoms with E-state index in [1.165, 1.54) is 18.2 Å². The number of carboxylic acids is 1. The fraction of sp³-hybridized carbons (Fsp3) is 0.533. The Morgan fingerprint density at radius 3 is 2.46 bits per heavy atom. The maximum absolute atomic E-state index is 11.3. The van der Waals surface area contributed by atoms with E-state index in [1.807, 2.05) is 0 Å². The molecule has 1 aliphatic heterocycles. The van der Waals surface area contributed by atoms with Crippen molar-refractivity contribution in [2.75, 3.05) is 6.61 Å². The van der Waals surface area contributed by atoms with Gasteiger partial charge in [-0.25, -0.2) is 0 Å². The molecule has 24 heavy (non-hydrogen) atoms. The Balaban J connectivity index is 2.32. The molecule has 2 rings (SSSR count). The standard InChI is InChI=1S/C15H21NO8/c17-5-10(19)12(20)14(22)13(21)11-8-2-1-7(18)3-6(8)4-9(16-11)15(23)24/h1-3,9-14,16-22H,4-5H2,(H,23,24)/t9-,10+,11+,12+,13-,14-/m0/s1. The third-order valence-corrected chi connectivity index (χ3v) is 4.19. The van der Waals surface area contributed by atoms with Gasteiger partial charge >= 0.3 is 5.97 Å². The summed E-state index contributed by atoms with van der Waals surface area (Å²) in [4.78, 5) is 11.3. The SMILES string of the molecule is O=C(O)[C@@H]1Cc2cc(O)ccc2[C@H]([C@H](O)[C@@H](O)[C@H](O)[C@H](O)CO)N1. The third kappa shape index (κ3) is 3.66. The smallest absolute Gasteiger partial charge is 0.321 e. The van der Waals surface area contributed by atoms with Crippen LogP contribution in [0.4, 0.5) is 0 Å². The highest BCUT2D eigenvalue weighted by Gasteiger charge is 2.40. The molecule has 0 unspecified atom stereocenters. The Morgan fingerprint density at radius 1 is 1.21 bits per heavy atom. The summed E-state index contributed by atoms with van der Waals surface area (Å²) in [6.07, 6.45) is -6.91. The number of phenols is 1. The Labute approximate surface area is 137 Å². The van der Waals surface area contributed by atoms with Gasteiger partial charge in [-0.05, 0) is 29.7 Å². The number of aromatic hydroxyl groups is 1. The first kappa shape index (κ1) is 18.6. The molecule has 1 aliphatic rings. The lowest BCUT2D eigenvalue weighted by atomic mass is 9.84. The maximum atomic E-state index is 11.3. The summed E-state index contributed by atoms with van der Waals surface area (Å²) in [6, 6.07) is 2.09. The van der Waals surface area contributed by atoms with Crippen molar-refractivity contribution < 1.29 is 40.5 Å². The Hall–Kier alpha value is -1.75. The molecule has 0 fully saturated rings. The minimum absolute atomic E-state index is 0.0654. The van der Waals surface area contributed by atoms with Gasteiger partial charge in [-0.2, -0.15) is 0 Å². The summed E-state index contributed by atoms with van der Waals surface area (Å²) in [7, 11) is 0. The van der Waals surface area contributed by atoms with Crippen molar-refractivity contribution in [3.05, 3.63) is 29.3 Å². The number of carboxylic acid groups (broad SMARTS) is 1. The lowest BCUT2D eigenvalue weighted by Crippen LogP contribution is -2.54. The first-order valence-electron chi connectivity index (χ1n) is 7.40. The zero-order chi connectivity index (χ0) is 18.0. The molecule has 0 spiro atoms. The van der Waals surface area contributed by atoms with E-state index in [-0.39, 0.29) is 12.2 Å². The summed E-state index contributed by atoms with van der Waals surface area (Å²) in [5.41, 5.74) is 0.942. The van der Waals surface area contributed by atoms with Crippen LogP contribution in [0, 0.1) is 0 Å². The Bertz CT molecular complexity index is 595. The molecule has 9 nitrogen and oxygen atoms in total. The number of aliphatic carboxylic acids is 1. The minimum Gasteiger partial charge on any atom is -0.508 e. The summed E-state index contributed by atoms with van der Waals surface area (Å²) in [6.45, 7) is -0.814. The molecule has 0 radical (unpaired) electrons. The Kier molecular flexibility index (Phi) is 5.75. The predicted octanol–water partition coefficient (Wildman–Crippen LogP) is -2.53. The molecule has 6 atom stereocenters. The van der Waals surface area contributed by atoms with E-state index in [4.69, 9.17) is 5.11 Å². The van der Waals surface area contributed by atoms with Crippen molar-refractivity contribution in [2.24, 2.45) is 0 Å². The summed E-state index contributed by atoms with van der Waals surface area (Å²) < 4.78 is 0. The van der Waals surface area contributed by atoms with E-state index >= 15 is 0 Å². The lowest BCUT2D eigenvalue weighted by molar-refractivity contribution is -0.142. The number of nitrogens with one attached hydrogen (secondary N) is 1.